The van der Waals surface area contributed by atoms with E-state index in [0.29, 0.717) is 11.3 Å². The van der Waals surface area contributed by atoms with Gasteiger partial charge < -0.3 is 19.8 Å². The lowest BCUT2D eigenvalue weighted by atomic mass is 10.1. The second-order valence-electron chi connectivity index (χ2n) is 11.4. The molecular weight excluding hydrogens is 550 g/mol. The Labute approximate surface area is 262 Å². The number of nitrogen functional groups attached to an aromatic ring is 1. The lowest BCUT2D eigenvalue weighted by Gasteiger charge is -2.07. The number of azo groups is 1. The minimum absolute atomic E-state index is 0.442. The van der Waals surface area contributed by atoms with Gasteiger partial charge in [0.15, 0.2) is 11.5 Å². The highest BCUT2D eigenvalue weighted by Gasteiger charge is 2.07. The Kier molecular flexibility index (Phi) is 14.4. The van der Waals surface area contributed by atoms with Crippen molar-refractivity contribution in [3.8, 4) is 11.5 Å². The van der Waals surface area contributed by atoms with E-state index in [4.69, 9.17) is 15.2 Å². The smallest absolute Gasteiger partial charge is 0.165 e. The molecule has 236 valence electrons. The van der Waals surface area contributed by atoms with Crippen molar-refractivity contribution in [2.24, 2.45) is 10.2 Å². The maximum absolute atomic E-state index is 5.92. The summed E-state index contributed by atoms with van der Waals surface area (Å²) in [7, 11) is 0. The SMILES string of the molecule is CCCCCCCCOc1ccc(N=Nc2ccc(OCCCCCCCCCCn3cnc4c(N)ncnc43)cc2)cc1. The molecule has 0 aliphatic rings. The maximum atomic E-state index is 5.92. The molecule has 0 saturated carbocycles. The molecule has 0 bridgehead atoms. The number of benzene rings is 2. The predicted molar refractivity (Wildman–Crippen MR) is 178 cm³/mol. The Morgan fingerprint density at radius 1 is 0.614 bits per heavy atom. The number of aryl methyl sites for hydroxylation is 1. The van der Waals surface area contributed by atoms with Gasteiger partial charge in [0.05, 0.1) is 30.9 Å². The summed E-state index contributed by atoms with van der Waals surface area (Å²) in [5.41, 5.74) is 8.99. The van der Waals surface area contributed by atoms with Crippen molar-refractivity contribution in [1.29, 1.82) is 0 Å². The Hall–Kier alpha value is -4.01. The van der Waals surface area contributed by atoms with Crippen LogP contribution in [0.15, 0.2) is 71.4 Å². The van der Waals surface area contributed by atoms with E-state index in [1.54, 1.807) is 0 Å². The number of fused-ring (bicyclic) bond motifs is 1. The summed E-state index contributed by atoms with van der Waals surface area (Å²) in [5, 5.41) is 8.71. The van der Waals surface area contributed by atoms with E-state index >= 15 is 0 Å². The molecule has 2 N–H and O–H groups in total. The Balaban J connectivity index is 0.996. The predicted octanol–water partition coefficient (Wildman–Crippen LogP) is 9.76. The topological polar surface area (TPSA) is 113 Å². The van der Waals surface area contributed by atoms with Crippen molar-refractivity contribution in [2.45, 2.75) is 103 Å². The molecule has 9 heteroatoms. The summed E-state index contributed by atoms with van der Waals surface area (Å²) in [6.07, 6.45) is 20.5. The molecule has 0 unspecified atom stereocenters. The number of imidazole rings is 1. The van der Waals surface area contributed by atoms with Crippen LogP contribution in [0.3, 0.4) is 0 Å². The van der Waals surface area contributed by atoms with Crippen LogP contribution in [-0.4, -0.2) is 32.7 Å². The number of ether oxygens (including phenoxy) is 2. The van der Waals surface area contributed by atoms with E-state index in [2.05, 4.69) is 36.7 Å². The molecule has 2 aromatic heterocycles. The molecule has 0 fully saturated rings. The van der Waals surface area contributed by atoms with Crippen molar-refractivity contribution in [1.82, 2.24) is 19.5 Å². The van der Waals surface area contributed by atoms with Crippen LogP contribution in [0.1, 0.15) is 96.8 Å². The van der Waals surface area contributed by atoms with Crippen LogP contribution in [0.25, 0.3) is 11.2 Å². The van der Waals surface area contributed by atoms with Crippen LogP contribution in [-0.2, 0) is 6.54 Å². The molecule has 0 spiro atoms. The third-order valence-electron chi connectivity index (χ3n) is 7.71. The molecule has 0 saturated heterocycles. The summed E-state index contributed by atoms with van der Waals surface area (Å²) in [4.78, 5) is 12.6. The fourth-order valence-corrected chi connectivity index (χ4v) is 5.10. The molecular formula is C35H49N7O2. The van der Waals surface area contributed by atoms with Crippen LogP contribution in [0.2, 0.25) is 0 Å². The van der Waals surface area contributed by atoms with Gasteiger partial charge in [-0.3, -0.25) is 0 Å². The first-order chi connectivity index (χ1) is 21.7. The van der Waals surface area contributed by atoms with Gasteiger partial charge in [-0.2, -0.15) is 10.2 Å². The second-order valence-corrected chi connectivity index (χ2v) is 11.4. The summed E-state index contributed by atoms with van der Waals surface area (Å²) < 4.78 is 13.8. The normalized spacial score (nSPS) is 11.5. The van der Waals surface area contributed by atoms with Crippen LogP contribution in [0.5, 0.6) is 11.5 Å². The van der Waals surface area contributed by atoms with Gasteiger partial charge in [-0.15, -0.1) is 0 Å². The van der Waals surface area contributed by atoms with Crippen LogP contribution >= 0.6 is 0 Å². The van der Waals surface area contributed by atoms with Gasteiger partial charge in [0.2, 0.25) is 0 Å². The van der Waals surface area contributed by atoms with Crippen molar-refractivity contribution < 1.29 is 9.47 Å². The van der Waals surface area contributed by atoms with E-state index < -0.39 is 0 Å². The molecule has 4 rings (SSSR count). The molecule has 44 heavy (non-hydrogen) atoms. The zero-order chi connectivity index (χ0) is 30.7. The number of nitrogens with zero attached hydrogens (tertiary/aromatic N) is 6. The molecule has 0 amide bonds. The van der Waals surface area contributed by atoms with Crippen molar-refractivity contribution in [3.63, 3.8) is 0 Å². The molecule has 0 aliphatic heterocycles. The maximum Gasteiger partial charge on any atom is 0.165 e. The fraction of sp³-hybridized carbons (Fsp3) is 0.514. The summed E-state index contributed by atoms with van der Waals surface area (Å²) in [6, 6.07) is 15.6. The number of anilines is 1. The number of aromatic nitrogens is 4. The number of nitrogens with two attached hydrogens (primary N) is 1. The van der Waals surface area contributed by atoms with Crippen molar-refractivity contribution in [3.05, 3.63) is 61.2 Å². The fourth-order valence-electron chi connectivity index (χ4n) is 5.10. The second kappa shape index (κ2) is 19.3. The Morgan fingerprint density at radius 3 is 1.66 bits per heavy atom. The van der Waals surface area contributed by atoms with E-state index in [1.165, 1.54) is 77.0 Å². The monoisotopic (exact) mass is 599 g/mol. The van der Waals surface area contributed by atoms with Gasteiger partial charge in [-0.1, -0.05) is 77.6 Å². The molecule has 9 nitrogen and oxygen atoms in total. The number of unbranched alkanes of at least 4 members (excludes halogenated alkanes) is 12. The standard InChI is InChI=1S/C35H49N7O2/c1-2-3-4-5-11-14-25-43-31-20-16-29(17-21-31)40-41-30-18-22-32(23-19-30)44-26-15-12-9-7-6-8-10-13-24-42-28-39-33-34(36)37-27-38-35(33)42/h16-23,27-28H,2-15,24-26H2,1H3,(H2,36,37,38). The highest BCUT2D eigenvalue weighted by molar-refractivity contribution is 5.81. The van der Waals surface area contributed by atoms with E-state index in [-0.39, 0.29) is 0 Å². The van der Waals surface area contributed by atoms with E-state index in [9.17, 15) is 0 Å². The Bertz CT molecular complexity index is 1370. The average molecular weight is 600 g/mol. The lowest BCUT2D eigenvalue weighted by molar-refractivity contribution is 0.304. The van der Waals surface area contributed by atoms with Gasteiger partial charge in [-0.05, 0) is 67.8 Å². The first-order valence-electron chi connectivity index (χ1n) is 16.5. The molecule has 4 aromatic rings. The molecule has 2 heterocycles. The average Bonchev–Trinajstić information content (AvgIpc) is 3.47. The largest absolute Gasteiger partial charge is 0.494 e. The summed E-state index contributed by atoms with van der Waals surface area (Å²) >= 11 is 0. The first-order valence-corrected chi connectivity index (χ1v) is 16.5. The van der Waals surface area contributed by atoms with Gasteiger partial charge >= 0.3 is 0 Å². The zero-order valence-corrected chi connectivity index (χ0v) is 26.4. The third kappa shape index (κ3) is 11.6. The van der Waals surface area contributed by atoms with Crippen LogP contribution < -0.4 is 15.2 Å². The number of rotatable bonds is 22. The zero-order valence-electron chi connectivity index (χ0n) is 26.4. The number of hydrogen-bond acceptors (Lipinski definition) is 8. The molecule has 0 aliphatic carbocycles. The summed E-state index contributed by atoms with van der Waals surface area (Å²) in [6.45, 7) is 4.66. The summed E-state index contributed by atoms with van der Waals surface area (Å²) in [5.74, 6) is 2.20. The lowest BCUT2D eigenvalue weighted by Crippen LogP contribution is -1.99. The van der Waals surface area contributed by atoms with E-state index in [1.807, 2.05) is 54.9 Å². The molecule has 0 radical (unpaired) electrons. The third-order valence-corrected chi connectivity index (χ3v) is 7.71. The van der Waals surface area contributed by atoms with Gasteiger partial charge in [0.1, 0.15) is 23.3 Å². The van der Waals surface area contributed by atoms with Gasteiger partial charge in [-0.25, -0.2) is 15.0 Å². The minimum atomic E-state index is 0.442. The van der Waals surface area contributed by atoms with Crippen molar-refractivity contribution in [2.75, 3.05) is 18.9 Å². The number of hydrogen-bond donors (Lipinski definition) is 1. The Morgan fingerprint density at radius 2 is 1.11 bits per heavy atom. The quantitative estimate of drug-likeness (QED) is 0.0710. The van der Waals surface area contributed by atoms with Crippen LogP contribution in [0, 0.1) is 0 Å². The van der Waals surface area contributed by atoms with Crippen molar-refractivity contribution >= 4 is 28.4 Å². The van der Waals surface area contributed by atoms with Gasteiger partial charge in [0.25, 0.3) is 0 Å². The molecule has 0 atom stereocenters. The van der Waals surface area contributed by atoms with Gasteiger partial charge in [0, 0.05) is 6.54 Å². The first kappa shape index (κ1) is 32.9. The highest BCUT2D eigenvalue weighted by Crippen LogP contribution is 2.24. The highest BCUT2D eigenvalue weighted by atomic mass is 16.5. The van der Waals surface area contributed by atoms with E-state index in [0.717, 1.165) is 67.5 Å². The molecule has 2 aromatic carbocycles. The van der Waals surface area contributed by atoms with Crippen LogP contribution in [0.4, 0.5) is 17.2 Å². The minimum Gasteiger partial charge on any atom is -0.494 e.